The average molecular weight is 224 g/mol. The molecule has 1 atom stereocenters. The van der Waals surface area contributed by atoms with Gasteiger partial charge in [0.25, 0.3) is 5.91 Å². The summed E-state index contributed by atoms with van der Waals surface area (Å²) < 4.78 is 18.3. The SMILES string of the molecule is Nc1ccc(C(=O)NC2CCOC2)cc1F. The summed E-state index contributed by atoms with van der Waals surface area (Å²) in [4.78, 5) is 11.7. The minimum Gasteiger partial charge on any atom is -0.396 e. The van der Waals surface area contributed by atoms with Crippen LogP contribution < -0.4 is 11.1 Å². The van der Waals surface area contributed by atoms with E-state index in [2.05, 4.69) is 5.32 Å². The van der Waals surface area contributed by atoms with E-state index < -0.39 is 5.82 Å². The number of amides is 1. The highest BCUT2D eigenvalue weighted by Gasteiger charge is 2.18. The van der Waals surface area contributed by atoms with Crippen molar-refractivity contribution in [3.05, 3.63) is 29.6 Å². The fourth-order valence-corrected chi connectivity index (χ4v) is 1.59. The molecule has 1 heterocycles. The fourth-order valence-electron chi connectivity index (χ4n) is 1.59. The lowest BCUT2D eigenvalue weighted by molar-refractivity contribution is 0.0929. The van der Waals surface area contributed by atoms with E-state index >= 15 is 0 Å². The van der Waals surface area contributed by atoms with Crippen LogP contribution in [0, 0.1) is 5.82 Å². The van der Waals surface area contributed by atoms with Gasteiger partial charge in [0.1, 0.15) is 5.82 Å². The van der Waals surface area contributed by atoms with E-state index in [1.54, 1.807) is 0 Å². The molecule has 2 rings (SSSR count). The predicted octanol–water partition coefficient (Wildman–Crippen LogP) is 0.927. The molecular formula is C11H13FN2O2. The molecule has 4 nitrogen and oxygen atoms in total. The minimum absolute atomic E-state index is 0.0214. The summed E-state index contributed by atoms with van der Waals surface area (Å²) in [7, 11) is 0. The standard InChI is InChI=1S/C11H13FN2O2/c12-9-5-7(1-2-10(9)13)11(15)14-8-3-4-16-6-8/h1-2,5,8H,3-4,6,13H2,(H,14,15). The Kier molecular flexibility index (Phi) is 3.05. The Morgan fingerprint density at radius 2 is 2.38 bits per heavy atom. The van der Waals surface area contributed by atoms with Crippen LogP contribution >= 0.6 is 0 Å². The Bertz CT molecular complexity index is 403. The molecule has 86 valence electrons. The lowest BCUT2D eigenvalue weighted by Crippen LogP contribution is -2.35. The van der Waals surface area contributed by atoms with Crippen LogP contribution in [0.3, 0.4) is 0 Å². The average Bonchev–Trinajstić information content (AvgIpc) is 2.74. The van der Waals surface area contributed by atoms with Gasteiger partial charge in [-0.3, -0.25) is 4.79 Å². The Morgan fingerprint density at radius 3 is 3.00 bits per heavy atom. The first-order chi connectivity index (χ1) is 7.66. The van der Waals surface area contributed by atoms with Gasteiger partial charge in [0.15, 0.2) is 0 Å². The van der Waals surface area contributed by atoms with Crippen molar-refractivity contribution >= 4 is 11.6 Å². The predicted molar refractivity (Wildman–Crippen MR) is 57.5 cm³/mol. The topological polar surface area (TPSA) is 64.4 Å². The molecule has 0 aliphatic carbocycles. The molecule has 0 aromatic heterocycles. The zero-order chi connectivity index (χ0) is 11.5. The molecule has 1 unspecified atom stereocenters. The molecule has 0 radical (unpaired) electrons. The molecule has 0 saturated carbocycles. The normalized spacial score (nSPS) is 19.7. The molecular weight excluding hydrogens is 211 g/mol. The fraction of sp³-hybridized carbons (Fsp3) is 0.364. The number of hydrogen-bond donors (Lipinski definition) is 2. The second-order valence-corrected chi connectivity index (χ2v) is 3.77. The molecule has 16 heavy (non-hydrogen) atoms. The highest BCUT2D eigenvalue weighted by atomic mass is 19.1. The van der Waals surface area contributed by atoms with Crippen molar-refractivity contribution < 1.29 is 13.9 Å². The Labute approximate surface area is 92.6 Å². The van der Waals surface area contributed by atoms with Gasteiger partial charge in [-0.2, -0.15) is 0 Å². The van der Waals surface area contributed by atoms with Crippen molar-refractivity contribution in [1.29, 1.82) is 0 Å². The van der Waals surface area contributed by atoms with Gasteiger partial charge >= 0.3 is 0 Å². The van der Waals surface area contributed by atoms with E-state index in [0.717, 1.165) is 12.5 Å². The smallest absolute Gasteiger partial charge is 0.251 e. The highest BCUT2D eigenvalue weighted by molar-refractivity contribution is 5.94. The van der Waals surface area contributed by atoms with Gasteiger partial charge in [0, 0.05) is 12.2 Å². The van der Waals surface area contributed by atoms with Crippen molar-refractivity contribution in [1.82, 2.24) is 5.32 Å². The van der Waals surface area contributed by atoms with Crippen LogP contribution in [0.2, 0.25) is 0 Å². The van der Waals surface area contributed by atoms with Gasteiger partial charge in [-0.15, -0.1) is 0 Å². The minimum atomic E-state index is -0.574. The third-order valence-electron chi connectivity index (χ3n) is 2.53. The van der Waals surface area contributed by atoms with E-state index in [-0.39, 0.29) is 23.2 Å². The monoisotopic (exact) mass is 224 g/mol. The quantitative estimate of drug-likeness (QED) is 0.734. The maximum atomic E-state index is 13.1. The van der Waals surface area contributed by atoms with Gasteiger partial charge < -0.3 is 15.8 Å². The number of carbonyl (C=O) groups is 1. The Morgan fingerprint density at radius 1 is 1.56 bits per heavy atom. The summed E-state index contributed by atoms with van der Waals surface area (Å²) in [6.07, 6.45) is 0.795. The van der Waals surface area contributed by atoms with E-state index in [9.17, 15) is 9.18 Å². The molecule has 1 fully saturated rings. The second-order valence-electron chi connectivity index (χ2n) is 3.77. The largest absolute Gasteiger partial charge is 0.396 e. The Hall–Kier alpha value is -1.62. The summed E-state index contributed by atoms with van der Waals surface area (Å²) in [6.45, 7) is 1.17. The molecule has 5 heteroatoms. The molecule has 0 bridgehead atoms. The second kappa shape index (κ2) is 4.49. The van der Waals surface area contributed by atoms with E-state index in [1.165, 1.54) is 12.1 Å². The maximum Gasteiger partial charge on any atom is 0.251 e. The summed E-state index contributed by atoms with van der Waals surface area (Å²) in [5, 5.41) is 2.77. The molecule has 1 amide bonds. The number of hydrogen-bond acceptors (Lipinski definition) is 3. The number of nitrogens with two attached hydrogens (primary N) is 1. The number of benzene rings is 1. The van der Waals surface area contributed by atoms with Crippen molar-refractivity contribution in [2.75, 3.05) is 18.9 Å². The first-order valence-electron chi connectivity index (χ1n) is 5.10. The maximum absolute atomic E-state index is 13.1. The van der Waals surface area contributed by atoms with Crippen molar-refractivity contribution in [2.24, 2.45) is 0 Å². The first-order valence-corrected chi connectivity index (χ1v) is 5.10. The van der Waals surface area contributed by atoms with Crippen LogP contribution in [0.1, 0.15) is 16.8 Å². The summed E-state index contributed by atoms with van der Waals surface area (Å²) in [5.74, 6) is -0.871. The van der Waals surface area contributed by atoms with E-state index in [1.807, 2.05) is 0 Å². The van der Waals surface area contributed by atoms with Crippen LogP contribution in [-0.2, 0) is 4.74 Å². The molecule has 1 aliphatic rings. The van der Waals surface area contributed by atoms with Gasteiger partial charge in [-0.05, 0) is 24.6 Å². The van der Waals surface area contributed by atoms with Crippen molar-refractivity contribution in [2.45, 2.75) is 12.5 Å². The third-order valence-corrected chi connectivity index (χ3v) is 2.53. The summed E-state index contributed by atoms with van der Waals surface area (Å²) in [6, 6.07) is 4.05. The van der Waals surface area contributed by atoms with Crippen LogP contribution in [0.25, 0.3) is 0 Å². The van der Waals surface area contributed by atoms with Gasteiger partial charge in [-0.25, -0.2) is 4.39 Å². The summed E-state index contributed by atoms with van der Waals surface area (Å²) >= 11 is 0. The lowest BCUT2D eigenvalue weighted by Gasteiger charge is -2.10. The molecule has 1 aromatic rings. The van der Waals surface area contributed by atoms with Gasteiger partial charge in [0.2, 0.25) is 0 Å². The number of ether oxygens (including phenoxy) is 1. The molecule has 1 saturated heterocycles. The number of carbonyl (C=O) groups excluding carboxylic acids is 1. The lowest BCUT2D eigenvalue weighted by atomic mass is 10.1. The third kappa shape index (κ3) is 2.30. The van der Waals surface area contributed by atoms with Crippen LogP contribution in [0.5, 0.6) is 0 Å². The van der Waals surface area contributed by atoms with Gasteiger partial charge in [0.05, 0.1) is 18.3 Å². The highest BCUT2D eigenvalue weighted by Crippen LogP contribution is 2.12. The molecule has 3 N–H and O–H groups in total. The molecule has 1 aliphatic heterocycles. The number of nitrogens with one attached hydrogen (secondary N) is 1. The molecule has 0 spiro atoms. The zero-order valence-electron chi connectivity index (χ0n) is 8.70. The van der Waals surface area contributed by atoms with Gasteiger partial charge in [-0.1, -0.05) is 0 Å². The zero-order valence-corrected chi connectivity index (χ0v) is 8.70. The molecule has 1 aromatic carbocycles. The van der Waals surface area contributed by atoms with Crippen molar-refractivity contribution in [3.8, 4) is 0 Å². The Balaban J connectivity index is 2.05. The number of nitrogen functional groups attached to an aromatic ring is 1. The van der Waals surface area contributed by atoms with Crippen molar-refractivity contribution in [3.63, 3.8) is 0 Å². The van der Waals surface area contributed by atoms with Crippen LogP contribution in [-0.4, -0.2) is 25.2 Å². The van der Waals surface area contributed by atoms with E-state index in [4.69, 9.17) is 10.5 Å². The van der Waals surface area contributed by atoms with Crippen LogP contribution in [0.4, 0.5) is 10.1 Å². The summed E-state index contributed by atoms with van der Waals surface area (Å²) in [5.41, 5.74) is 5.64. The number of rotatable bonds is 2. The van der Waals surface area contributed by atoms with E-state index in [0.29, 0.717) is 13.2 Å². The first kappa shape index (κ1) is 10.9. The van der Waals surface area contributed by atoms with Crippen LogP contribution in [0.15, 0.2) is 18.2 Å². The number of halogens is 1. The number of anilines is 1.